The lowest BCUT2D eigenvalue weighted by atomic mass is 10.0. The Hall–Kier alpha value is -0.340. The molecule has 0 aromatic heterocycles. The molecule has 2 heteroatoms. The smallest absolute Gasteiger partial charge is 0.0701 e. The van der Waals surface area contributed by atoms with Gasteiger partial charge in [-0.25, -0.2) is 0 Å². The highest BCUT2D eigenvalue weighted by molar-refractivity contribution is 9.09. The van der Waals surface area contributed by atoms with Crippen LogP contribution in [0.25, 0.3) is 0 Å². The Labute approximate surface area is 119 Å². The van der Waals surface area contributed by atoms with Crippen molar-refractivity contribution in [2.75, 3.05) is 0 Å². The molecule has 18 heavy (non-hydrogen) atoms. The number of hydrogen-bond acceptors (Lipinski definition) is 1. The van der Waals surface area contributed by atoms with E-state index in [1.165, 1.54) is 24.8 Å². The molecule has 0 unspecified atom stereocenters. The van der Waals surface area contributed by atoms with E-state index in [9.17, 15) is 0 Å². The fourth-order valence-electron chi connectivity index (χ4n) is 2.66. The van der Waals surface area contributed by atoms with Crippen LogP contribution in [0.5, 0.6) is 0 Å². The quantitative estimate of drug-likeness (QED) is 0.730. The van der Waals surface area contributed by atoms with Gasteiger partial charge in [0, 0.05) is 4.83 Å². The Morgan fingerprint density at radius 1 is 1.22 bits per heavy atom. The molecule has 1 saturated heterocycles. The highest BCUT2D eigenvalue weighted by Crippen LogP contribution is 2.28. The Balaban J connectivity index is 1.85. The van der Waals surface area contributed by atoms with Crippen molar-refractivity contribution >= 4 is 15.9 Å². The fraction of sp³-hybridized carbons (Fsp3) is 0.625. The highest BCUT2D eigenvalue weighted by Gasteiger charge is 2.25. The van der Waals surface area contributed by atoms with Gasteiger partial charge in [-0.3, -0.25) is 0 Å². The van der Waals surface area contributed by atoms with E-state index < -0.39 is 0 Å². The maximum atomic E-state index is 6.25. The second-order valence-corrected chi connectivity index (χ2v) is 6.35. The average Bonchev–Trinajstić information content (AvgIpc) is 2.59. The molecule has 3 atom stereocenters. The van der Waals surface area contributed by atoms with Crippen molar-refractivity contribution in [1.29, 1.82) is 0 Å². The molecule has 100 valence electrons. The third-order valence-electron chi connectivity index (χ3n) is 3.78. The van der Waals surface area contributed by atoms with E-state index in [2.05, 4.69) is 53.2 Å². The van der Waals surface area contributed by atoms with E-state index in [1.807, 2.05) is 0 Å². The van der Waals surface area contributed by atoms with Crippen LogP contribution < -0.4 is 0 Å². The summed E-state index contributed by atoms with van der Waals surface area (Å²) < 4.78 is 6.25. The van der Waals surface area contributed by atoms with Crippen molar-refractivity contribution in [2.24, 2.45) is 0 Å². The van der Waals surface area contributed by atoms with Crippen LogP contribution in [-0.2, 0) is 11.2 Å². The summed E-state index contributed by atoms with van der Waals surface area (Å²) in [7, 11) is 0. The molecule has 1 aromatic rings. The number of aryl methyl sites for hydroxylation is 1. The molecule has 1 nitrogen and oxygen atoms in total. The Kier molecular flexibility index (Phi) is 5.71. The standard InChI is InChI=1S/C16H23BrO/c1-2-16-15(17)10-6-9-14(18-16)12-11-13-7-4-3-5-8-13/h3-5,7-8,14-16H,2,6,9-12H2,1H3/t14-,15+,16-/m1/s1. The van der Waals surface area contributed by atoms with Gasteiger partial charge in [0.2, 0.25) is 0 Å². The molecule has 1 heterocycles. The third kappa shape index (κ3) is 4.10. The maximum absolute atomic E-state index is 6.25. The first-order valence-electron chi connectivity index (χ1n) is 7.13. The van der Waals surface area contributed by atoms with E-state index in [4.69, 9.17) is 4.74 Å². The summed E-state index contributed by atoms with van der Waals surface area (Å²) in [5.41, 5.74) is 1.42. The first-order chi connectivity index (χ1) is 8.79. The molecule has 0 radical (unpaired) electrons. The molecule has 0 aliphatic carbocycles. The van der Waals surface area contributed by atoms with Crippen molar-refractivity contribution in [3.63, 3.8) is 0 Å². The number of hydrogen-bond donors (Lipinski definition) is 0. The number of ether oxygens (including phenoxy) is 1. The van der Waals surface area contributed by atoms with Crippen LogP contribution in [0.3, 0.4) is 0 Å². The summed E-state index contributed by atoms with van der Waals surface area (Å²) in [6, 6.07) is 10.7. The molecule has 1 aliphatic rings. The van der Waals surface area contributed by atoms with Crippen molar-refractivity contribution in [3.8, 4) is 0 Å². The van der Waals surface area contributed by atoms with Crippen molar-refractivity contribution in [3.05, 3.63) is 35.9 Å². The first kappa shape index (κ1) is 14.1. The summed E-state index contributed by atoms with van der Waals surface area (Å²) in [5, 5.41) is 0. The van der Waals surface area contributed by atoms with E-state index in [-0.39, 0.29) is 0 Å². The van der Waals surface area contributed by atoms with Crippen LogP contribution in [0, 0.1) is 0 Å². The van der Waals surface area contributed by atoms with Crippen molar-refractivity contribution in [1.82, 2.24) is 0 Å². The molecule has 0 saturated carbocycles. The molecule has 0 bridgehead atoms. The third-order valence-corrected chi connectivity index (χ3v) is 4.82. The normalized spacial score (nSPS) is 28.9. The molecule has 1 aliphatic heterocycles. The minimum atomic E-state index is 0.397. The summed E-state index contributed by atoms with van der Waals surface area (Å²) in [6.07, 6.45) is 7.98. The van der Waals surface area contributed by atoms with E-state index in [0.717, 1.165) is 19.3 Å². The number of benzene rings is 1. The van der Waals surface area contributed by atoms with Crippen LogP contribution in [0.4, 0.5) is 0 Å². The molecular formula is C16H23BrO. The Bertz CT molecular complexity index is 338. The monoisotopic (exact) mass is 310 g/mol. The van der Waals surface area contributed by atoms with Gasteiger partial charge in [0.15, 0.2) is 0 Å². The number of rotatable bonds is 4. The molecule has 0 spiro atoms. The first-order valence-corrected chi connectivity index (χ1v) is 8.04. The molecule has 0 N–H and O–H groups in total. The van der Waals surface area contributed by atoms with Gasteiger partial charge in [-0.15, -0.1) is 0 Å². The molecular weight excluding hydrogens is 288 g/mol. The summed E-state index contributed by atoms with van der Waals surface area (Å²) >= 11 is 3.76. The fourth-order valence-corrected chi connectivity index (χ4v) is 3.49. The van der Waals surface area contributed by atoms with Gasteiger partial charge in [0.1, 0.15) is 0 Å². The minimum absolute atomic E-state index is 0.397. The van der Waals surface area contributed by atoms with Gasteiger partial charge in [-0.1, -0.05) is 53.2 Å². The van der Waals surface area contributed by atoms with Crippen LogP contribution in [0.15, 0.2) is 30.3 Å². The minimum Gasteiger partial charge on any atom is -0.374 e. The average molecular weight is 311 g/mol. The van der Waals surface area contributed by atoms with Crippen LogP contribution >= 0.6 is 15.9 Å². The summed E-state index contributed by atoms with van der Waals surface area (Å²) in [5.74, 6) is 0. The van der Waals surface area contributed by atoms with Gasteiger partial charge in [-0.05, 0) is 44.1 Å². The second kappa shape index (κ2) is 7.30. The molecule has 0 amide bonds. The zero-order valence-electron chi connectivity index (χ0n) is 11.1. The number of alkyl halides is 1. The van der Waals surface area contributed by atoms with E-state index >= 15 is 0 Å². The SMILES string of the molecule is CC[C@H]1O[C@@H](CCc2ccccc2)CCC[C@@H]1Br. The van der Waals surface area contributed by atoms with Crippen LogP contribution in [-0.4, -0.2) is 17.0 Å². The lowest BCUT2D eigenvalue weighted by molar-refractivity contribution is -0.0101. The van der Waals surface area contributed by atoms with E-state index in [0.29, 0.717) is 17.0 Å². The predicted molar refractivity (Wildman–Crippen MR) is 80.3 cm³/mol. The van der Waals surface area contributed by atoms with Gasteiger partial charge in [-0.2, -0.15) is 0 Å². The molecule has 2 rings (SSSR count). The lowest BCUT2D eigenvalue weighted by Gasteiger charge is -2.23. The van der Waals surface area contributed by atoms with Crippen LogP contribution in [0.1, 0.15) is 44.6 Å². The van der Waals surface area contributed by atoms with E-state index in [1.54, 1.807) is 0 Å². The van der Waals surface area contributed by atoms with Crippen molar-refractivity contribution < 1.29 is 4.74 Å². The van der Waals surface area contributed by atoms with Gasteiger partial charge in [0.25, 0.3) is 0 Å². The zero-order chi connectivity index (χ0) is 12.8. The topological polar surface area (TPSA) is 9.23 Å². The van der Waals surface area contributed by atoms with Gasteiger partial charge < -0.3 is 4.74 Å². The Morgan fingerprint density at radius 3 is 2.72 bits per heavy atom. The largest absolute Gasteiger partial charge is 0.374 e. The summed E-state index contributed by atoms with van der Waals surface area (Å²) in [4.78, 5) is 0.546. The summed E-state index contributed by atoms with van der Waals surface area (Å²) in [6.45, 7) is 2.22. The van der Waals surface area contributed by atoms with Gasteiger partial charge >= 0.3 is 0 Å². The zero-order valence-corrected chi connectivity index (χ0v) is 12.7. The lowest BCUT2D eigenvalue weighted by Crippen LogP contribution is -2.26. The molecule has 1 fully saturated rings. The predicted octanol–water partition coefficient (Wildman–Crippen LogP) is 4.73. The molecule has 1 aromatic carbocycles. The number of halogens is 1. The highest BCUT2D eigenvalue weighted by atomic mass is 79.9. The Morgan fingerprint density at radius 2 is 2.00 bits per heavy atom. The van der Waals surface area contributed by atoms with Crippen LogP contribution in [0.2, 0.25) is 0 Å². The second-order valence-electron chi connectivity index (χ2n) is 5.18. The maximum Gasteiger partial charge on any atom is 0.0701 e. The van der Waals surface area contributed by atoms with Crippen molar-refractivity contribution in [2.45, 2.75) is 62.5 Å². The van der Waals surface area contributed by atoms with Gasteiger partial charge in [0.05, 0.1) is 12.2 Å².